The smallest absolute Gasteiger partial charge is 0.252 e. The van der Waals surface area contributed by atoms with Crippen LogP contribution in [0, 0.1) is 0 Å². The number of hydrogen-bond donors (Lipinski definition) is 0. The Morgan fingerprint density at radius 3 is 1.30 bits per heavy atom. The van der Waals surface area contributed by atoms with Crippen molar-refractivity contribution < 1.29 is 0 Å². The Balaban J connectivity index is 1.01. The van der Waals surface area contributed by atoms with E-state index in [9.17, 15) is 0 Å². The molecule has 3 nitrogen and oxygen atoms in total. The molecule has 0 N–H and O–H groups in total. The molecule has 0 amide bonds. The molecule has 0 saturated carbocycles. The predicted octanol–water partition coefficient (Wildman–Crippen LogP) is 19.1. The van der Waals surface area contributed by atoms with Crippen LogP contribution in [0.25, 0.3) is 93.5 Å². The van der Waals surface area contributed by atoms with Crippen LogP contribution in [0.2, 0.25) is 0 Å². The topological polar surface area (TPSA) is 11.4 Å². The number of hydrogen-bond acceptors (Lipinski definition) is 2. The molecule has 3 heterocycles. The van der Waals surface area contributed by atoms with E-state index in [1.165, 1.54) is 116 Å². The predicted molar refractivity (Wildman–Crippen MR) is 350 cm³/mol. The lowest BCUT2D eigenvalue weighted by Crippen LogP contribution is -2.61. The van der Waals surface area contributed by atoms with Gasteiger partial charge < -0.3 is 14.4 Å². The summed E-state index contributed by atoms with van der Waals surface area (Å²) in [4.78, 5) is 5.08. The SMILES string of the molecule is CC(C)(C)c1cccc(-c2cc(-c3cc4c5c(c3)N(c3ccccc3)c3cc(-n6c7ccccc7c7ccccc76)ccc3B5c3ccccc3N4c3ccccc3)cc(-c3c4ccccc4c(-c4ccccc4)c4ccccc34)c2)c1. The molecule has 82 heavy (non-hydrogen) atoms. The van der Waals surface area contributed by atoms with Crippen LogP contribution < -0.4 is 26.2 Å². The van der Waals surface area contributed by atoms with Crippen molar-refractivity contribution in [1.82, 2.24) is 4.57 Å². The molecule has 2 aliphatic heterocycles. The van der Waals surface area contributed by atoms with Gasteiger partial charge in [-0.25, -0.2) is 0 Å². The minimum atomic E-state index is -0.0553. The van der Waals surface area contributed by atoms with Gasteiger partial charge in [-0.2, -0.15) is 0 Å². The van der Waals surface area contributed by atoms with Gasteiger partial charge in [-0.05, 0) is 178 Å². The summed E-state index contributed by atoms with van der Waals surface area (Å²) in [7, 11) is 0. The van der Waals surface area contributed by atoms with Crippen molar-refractivity contribution in [2.45, 2.75) is 26.2 Å². The van der Waals surface area contributed by atoms with Gasteiger partial charge >= 0.3 is 0 Å². The van der Waals surface area contributed by atoms with Crippen molar-refractivity contribution in [2.24, 2.45) is 0 Å². The number of anilines is 6. The van der Waals surface area contributed by atoms with Gasteiger partial charge in [0.15, 0.2) is 0 Å². The van der Waals surface area contributed by atoms with Crippen LogP contribution in [-0.4, -0.2) is 11.3 Å². The number of rotatable bonds is 7. The maximum Gasteiger partial charge on any atom is 0.252 e. The van der Waals surface area contributed by atoms with Crippen molar-refractivity contribution in [3.63, 3.8) is 0 Å². The van der Waals surface area contributed by atoms with Crippen molar-refractivity contribution in [3.05, 3.63) is 291 Å². The zero-order chi connectivity index (χ0) is 54.6. The van der Waals surface area contributed by atoms with Crippen LogP contribution in [0.5, 0.6) is 0 Å². The summed E-state index contributed by atoms with van der Waals surface area (Å²) < 4.78 is 2.46. The van der Waals surface area contributed by atoms with E-state index in [-0.39, 0.29) is 12.1 Å². The standard InChI is InChI=1S/C78H56BN3/c1-78(2,3)57-27-23-26-52(47-57)53-44-54(46-56(45-53)76-65-36-15-13-34-63(65)75(51-24-7-4-8-25-51)64-35-14-16-37-66(64)76)55-48-73-77-74(49-55)81(59-30-11-6-12-31-59)72-50-60(82-69-39-20-17-32-61(69)62-33-18-21-40-70(62)82)42-43-68(72)79(77)67-38-19-22-41-71(67)80(73)58-28-9-5-10-29-58/h4-50H,1-3H3. The fraction of sp³-hybridized carbons (Fsp3) is 0.0513. The van der Waals surface area contributed by atoms with Gasteiger partial charge in [0.25, 0.3) is 6.71 Å². The number of fused-ring (bicyclic) bond motifs is 9. The van der Waals surface area contributed by atoms with Gasteiger partial charge in [-0.15, -0.1) is 0 Å². The fourth-order valence-corrected chi connectivity index (χ4v) is 13.8. The summed E-state index contributed by atoms with van der Waals surface area (Å²) in [6.07, 6.45) is 0. The van der Waals surface area contributed by atoms with Crippen LogP contribution in [0.3, 0.4) is 0 Å². The largest absolute Gasteiger partial charge is 0.311 e. The molecule has 0 bridgehead atoms. The van der Waals surface area contributed by atoms with E-state index in [4.69, 9.17) is 0 Å². The van der Waals surface area contributed by atoms with Crippen LogP contribution in [-0.2, 0) is 5.41 Å². The summed E-state index contributed by atoms with van der Waals surface area (Å²) in [6, 6.07) is 107. The Kier molecular flexibility index (Phi) is 10.9. The van der Waals surface area contributed by atoms with Crippen molar-refractivity contribution in [3.8, 4) is 50.2 Å². The molecule has 13 aromatic carbocycles. The molecule has 0 spiro atoms. The quantitative estimate of drug-likeness (QED) is 0.116. The molecule has 0 radical (unpaired) electrons. The summed E-state index contributed by atoms with van der Waals surface area (Å²) >= 11 is 0. The molecule has 2 aliphatic rings. The summed E-state index contributed by atoms with van der Waals surface area (Å²) in [6.45, 7) is 6.88. The number of para-hydroxylation sites is 5. The van der Waals surface area contributed by atoms with Crippen LogP contribution in [0.1, 0.15) is 26.3 Å². The number of benzene rings is 13. The zero-order valence-corrected chi connectivity index (χ0v) is 46.1. The highest BCUT2D eigenvalue weighted by molar-refractivity contribution is 7.00. The van der Waals surface area contributed by atoms with Crippen molar-refractivity contribution in [2.75, 3.05) is 9.80 Å². The van der Waals surface area contributed by atoms with Gasteiger partial charge in [0.05, 0.1) is 11.0 Å². The van der Waals surface area contributed by atoms with Gasteiger partial charge in [-0.1, -0.05) is 221 Å². The van der Waals surface area contributed by atoms with Crippen molar-refractivity contribution >= 4 is 101 Å². The van der Waals surface area contributed by atoms with E-state index in [2.05, 4.69) is 320 Å². The maximum atomic E-state index is 2.56. The van der Waals surface area contributed by atoms with Gasteiger partial charge in [0, 0.05) is 50.6 Å². The minimum absolute atomic E-state index is 0.0381. The van der Waals surface area contributed by atoms with Gasteiger partial charge in [-0.3, -0.25) is 0 Å². The summed E-state index contributed by atoms with van der Waals surface area (Å²) in [5.74, 6) is 0. The zero-order valence-electron chi connectivity index (χ0n) is 46.1. The molecule has 14 aromatic rings. The van der Waals surface area contributed by atoms with E-state index in [1.807, 2.05) is 0 Å². The Morgan fingerprint density at radius 2 is 0.720 bits per heavy atom. The molecule has 16 rings (SSSR count). The van der Waals surface area contributed by atoms with Gasteiger partial charge in [0.2, 0.25) is 0 Å². The third-order valence-electron chi connectivity index (χ3n) is 17.4. The Labute approximate surface area is 479 Å². The third-order valence-corrected chi connectivity index (χ3v) is 17.4. The van der Waals surface area contributed by atoms with Crippen LogP contribution in [0.4, 0.5) is 34.1 Å². The Morgan fingerprint density at radius 1 is 0.280 bits per heavy atom. The monoisotopic (exact) mass is 1050 g/mol. The van der Waals surface area contributed by atoms with E-state index < -0.39 is 0 Å². The average molecular weight is 1050 g/mol. The van der Waals surface area contributed by atoms with Crippen molar-refractivity contribution in [1.29, 1.82) is 0 Å². The second-order valence-corrected chi connectivity index (χ2v) is 23.2. The Bertz CT molecular complexity index is 4750. The highest BCUT2D eigenvalue weighted by atomic mass is 15.2. The molecule has 0 saturated heterocycles. The number of aromatic nitrogens is 1. The van der Waals surface area contributed by atoms with Crippen LogP contribution >= 0.6 is 0 Å². The van der Waals surface area contributed by atoms with Gasteiger partial charge in [0.1, 0.15) is 0 Å². The molecule has 0 aliphatic carbocycles. The molecular formula is C78H56BN3. The first kappa shape index (κ1) is 47.8. The lowest BCUT2D eigenvalue weighted by Gasteiger charge is -2.44. The second-order valence-electron chi connectivity index (χ2n) is 23.2. The lowest BCUT2D eigenvalue weighted by molar-refractivity contribution is 0.590. The normalized spacial score (nSPS) is 12.7. The molecule has 4 heteroatoms. The average Bonchev–Trinajstić information content (AvgIpc) is 2.47. The van der Waals surface area contributed by atoms with Crippen LogP contribution in [0.15, 0.2) is 285 Å². The molecule has 0 atom stereocenters. The fourth-order valence-electron chi connectivity index (χ4n) is 13.8. The minimum Gasteiger partial charge on any atom is -0.311 e. The number of nitrogens with zero attached hydrogens (tertiary/aromatic N) is 3. The maximum absolute atomic E-state index is 2.56. The second kappa shape index (κ2) is 18.7. The first-order valence-electron chi connectivity index (χ1n) is 28.7. The first-order valence-corrected chi connectivity index (χ1v) is 28.7. The first-order chi connectivity index (χ1) is 40.3. The van der Waals surface area contributed by atoms with E-state index in [1.54, 1.807) is 0 Å². The molecular weight excluding hydrogens is 990 g/mol. The highest BCUT2D eigenvalue weighted by Gasteiger charge is 2.44. The molecule has 0 fully saturated rings. The molecule has 386 valence electrons. The third kappa shape index (κ3) is 7.52. The highest BCUT2D eigenvalue weighted by Crippen LogP contribution is 2.50. The van der Waals surface area contributed by atoms with E-state index in [0.717, 1.165) is 33.9 Å². The Hall–Kier alpha value is -10.2. The molecule has 1 aromatic heterocycles. The lowest BCUT2D eigenvalue weighted by atomic mass is 9.33. The summed E-state index contributed by atoms with van der Waals surface area (Å²) in [5, 5.41) is 7.43. The van der Waals surface area contributed by atoms with E-state index >= 15 is 0 Å². The summed E-state index contributed by atoms with van der Waals surface area (Å²) in [5.41, 5.74) is 25.1. The molecule has 0 unspecified atom stereocenters. The van der Waals surface area contributed by atoms with E-state index in [0.29, 0.717) is 0 Å².